The van der Waals surface area contributed by atoms with E-state index >= 15 is 0 Å². The number of nitrogens with one attached hydrogen (secondary N) is 1. The van der Waals surface area contributed by atoms with E-state index in [9.17, 15) is 4.79 Å². The molecule has 0 fully saturated rings. The van der Waals surface area contributed by atoms with Gasteiger partial charge in [0.05, 0.1) is 5.56 Å². The molecule has 24 heavy (non-hydrogen) atoms. The SMILES string of the molecule is Cc1ccc(C(=O)Nc2ccc(Cc3ccncc3)cc2)c(I)c1. The minimum Gasteiger partial charge on any atom is -0.322 e. The van der Waals surface area contributed by atoms with Crippen molar-refractivity contribution < 1.29 is 4.79 Å². The van der Waals surface area contributed by atoms with Gasteiger partial charge in [-0.1, -0.05) is 23.8 Å². The van der Waals surface area contributed by atoms with Crippen LogP contribution in [0.25, 0.3) is 0 Å². The first-order chi connectivity index (χ1) is 11.6. The number of carbonyl (C=O) groups excluding carboxylic acids is 1. The number of pyridine rings is 1. The Morgan fingerprint density at radius 3 is 2.33 bits per heavy atom. The predicted molar refractivity (Wildman–Crippen MR) is 105 cm³/mol. The molecular weight excluding hydrogens is 411 g/mol. The fraction of sp³-hybridized carbons (Fsp3) is 0.100. The summed E-state index contributed by atoms with van der Waals surface area (Å²) in [6.45, 7) is 2.02. The molecule has 0 radical (unpaired) electrons. The van der Waals surface area contributed by atoms with Crippen molar-refractivity contribution in [2.75, 3.05) is 5.32 Å². The summed E-state index contributed by atoms with van der Waals surface area (Å²) < 4.78 is 0.958. The summed E-state index contributed by atoms with van der Waals surface area (Å²) in [5.74, 6) is -0.0821. The summed E-state index contributed by atoms with van der Waals surface area (Å²) >= 11 is 2.20. The van der Waals surface area contributed by atoms with Gasteiger partial charge in [-0.2, -0.15) is 0 Å². The number of carbonyl (C=O) groups is 1. The van der Waals surface area contributed by atoms with Gasteiger partial charge in [0, 0.05) is 21.7 Å². The maximum atomic E-state index is 12.4. The third-order valence-corrected chi connectivity index (χ3v) is 4.63. The van der Waals surface area contributed by atoms with Crippen LogP contribution >= 0.6 is 22.6 Å². The number of hydrogen-bond acceptors (Lipinski definition) is 2. The van der Waals surface area contributed by atoms with Crippen LogP contribution in [0.1, 0.15) is 27.0 Å². The Hall–Kier alpha value is -2.21. The number of aryl methyl sites for hydroxylation is 1. The number of rotatable bonds is 4. The highest BCUT2D eigenvalue weighted by Gasteiger charge is 2.10. The highest BCUT2D eigenvalue weighted by molar-refractivity contribution is 14.1. The summed E-state index contributed by atoms with van der Waals surface area (Å²) in [4.78, 5) is 16.4. The highest BCUT2D eigenvalue weighted by atomic mass is 127. The Morgan fingerprint density at radius 1 is 1.00 bits per heavy atom. The van der Waals surface area contributed by atoms with Crippen molar-refractivity contribution in [3.8, 4) is 0 Å². The Balaban J connectivity index is 1.68. The molecule has 3 aromatic rings. The second kappa shape index (κ2) is 7.57. The van der Waals surface area contributed by atoms with Gasteiger partial charge in [0.25, 0.3) is 5.91 Å². The van der Waals surface area contributed by atoms with E-state index in [1.807, 2.05) is 61.5 Å². The second-order valence-electron chi connectivity index (χ2n) is 5.67. The largest absolute Gasteiger partial charge is 0.322 e. The van der Waals surface area contributed by atoms with Crippen molar-refractivity contribution in [1.82, 2.24) is 4.98 Å². The number of benzene rings is 2. The van der Waals surface area contributed by atoms with Crippen molar-refractivity contribution in [2.24, 2.45) is 0 Å². The third-order valence-electron chi connectivity index (χ3n) is 3.74. The Kier molecular flexibility index (Phi) is 5.25. The smallest absolute Gasteiger partial charge is 0.256 e. The summed E-state index contributed by atoms with van der Waals surface area (Å²) in [5.41, 5.74) is 5.06. The fourth-order valence-electron chi connectivity index (χ4n) is 2.44. The molecule has 2 aromatic carbocycles. The van der Waals surface area contributed by atoms with Gasteiger partial charge >= 0.3 is 0 Å². The van der Waals surface area contributed by atoms with Crippen LogP contribution in [0.2, 0.25) is 0 Å². The van der Waals surface area contributed by atoms with Crippen LogP contribution in [0.3, 0.4) is 0 Å². The predicted octanol–water partition coefficient (Wildman–Crippen LogP) is 4.84. The molecule has 0 spiro atoms. The zero-order chi connectivity index (χ0) is 16.9. The minimum absolute atomic E-state index is 0.0821. The van der Waals surface area contributed by atoms with Gasteiger partial charge in [0.15, 0.2) is 0 Å². The van der Waals surface area contributed by atoms with Gasteiger partial charge in [0.1, 0.15) is 0 Å². The van der Waals surface area contributed by atoms with Gasteiger partial charge in [-0.05, 0) is 83.5 Å². The van der Waals surface area contributed by atoms with E-state index in [0.29, 0.717) is 5.56 Å². The molecule has 0 saturated carbocycles. The second-order valence-corrected chi connectivity index (χ2v) is 6.83. The normalized spacial score (nSPS) is 10.4. The molecule has 0 atom stereocenters. The molecule has 0 aliphatic rings. The molecule has 1 aromatic heterocycles. The van der Waals surface area contributed by atoms with Gasteiger partial charge in [0.2, 0.25) is 0 Å². The zero-order valence-corrected chi connectivity index (χ0v) is 15.4. The number of nitrogens with zero attached hydrogens (tertiary/aromatic N) is 1. The molecule has 3 nitrogen and oxygen atoms in total. The number of anilines is 1. The van der Waals surface area contributed by atoms with E-state index < -0.39 is 0 Å². The molecule has 4 heteroatoms. The number of hydrogen-bond donors (Lipinski definition) is 1. The fourth-order valence-corrected chi connectivity index (χ4v) is 3.36. The average molecular weight is 428 g/mol. The van der Waals surface area contributed by atoms with Crippen LogP contribution in [0.5, 0.6) is 0 Å². The van der Waals surface area contributed by atoms with Crippen molar-refractivity contribution >= 4 is 34.2 Å². The van der Waals surface area contributed by atoms with E-state index in [1.54, 1.807) is 12.4 Å². The van der Waals surface area contributed by atoms with Crippen LogP contribution in [-0.4, -0.2) is 10.9 Å². The molecule has 1 amide bonds. The summed E-state index contributed by atoms with van der Waals surface area (Å²) in [6, 6.07) is 17.8. The van der Waals surface area contributed by atoms with Crippen molar-refractivity contribution in [3.63, 3.8) is 0 Å². The molecule has 1 N–H and O–H groups in total. The Bertz CT molecular complexity index is 845. The molecule has 0 unspecified atom stereocenters. The van der Waals surface area contributed by atoms with Gasteiger partial charge in [-0.3, -0.25) is 9.78 Å². The third kappa shape index (κ3) is 4.20. The molecule has 0 aliphatic carbocycles. The van der Waals surface area contributed by atoms with Gasteiger partial charge in [-0.25, -0.2) is 0 Å². The molecule has 3 rings (SSSR count). The quantitative estimate of drug-likeness (QED) is 0.605. The lowest BCUT2D eigenvalue weighted by Gasteiger charge is -2.09. The van der Waals surface area contributed by atoms with E-state index in [4.69, 9.17) is 0 Å². The lowest BCUT2D eigenvalue weighted by atomic mass is 10.1. The number of aromatic nitrogens is 1. The standard InChI is InChI=1S/C20H17IN2O/c1-14-2-7-18(19(21)12-14)20(24)23-17-5-3-15(4-6-17)13-16-8-10-22-11-9-16/h2-12H,13H2,1H3,(H,23,24). The van der Waals surface area contributed by atoms with Crippen molar-refractivity contribution in [1.29, 1.82) is 0 Å². The first-order valence-electron chi connectivity index (χ1n) is 7.67. The topological polar surface area (TPSA) is 42.0 Å². The van der Waals surface area contributed by atoms with E-state index in [1.165, 1.54) is 11.1 Å². The maximum absolute atomic E-state index is 12.4. The van der Waals surface area contributed by atoms with E-state index in [2.05, 4.69) is 32.9 Å². The first-order valence-corrected chi connectivity index (χ1v) is 8.75. The van der Waals surface area contributed by atoms with Crippen LogP contribution in [-0.2, 0) is 6.42 Å². The Morgan fingerprint density at radius 2 is 1.67 bits per heavy atom. The number of amides is 1. The average Bonchev–Trinajstić information content (AvgIpc) is 2.57. The van der Waals surface area contributed by atoms with Gasteiger partial charge in [-0.15, -0.1) is 0 Å². The van der Waals surface area contributed by atoms with Crippen LogP contribution in [0, 0.1) is 10.5 Å². The lowest BCUT2D eigenvalue weighted by molar-refractivity contribution is 0.102. The summed E-state index contributed by atoms with van der Waals surface area (Å²) in [7, 11) is 0. The maximum Gasteiger partial charge on any atom is 0.256 e. The van der Waals surface area contributed by atoms with Crippen LogP contribution < -0.4 is 5.32 Å². The number of halogens is 1. The lowest BCUT2D eigenvalue weighted by Crippen LogP contribution is -2.13. The molecule has 0 saturated heterocycles. The zero-order valence-electron chi connectivity index (χ0n) is 13.3. The molecule has 0 bridgehead atoms. The molecule has 1 heterocycles. The van der Waals surface area contributed by atoms with E-state index in [0.717, 1.165) is 21.2 Å². The molecule has 120 valence electrons. The van der Waals surface area contributed by atoms with E-state index in [-0.39, 0.29) is 5.91 Å². The molecular formula is C20H17IN2O. The minimum atomic E-state index is -0.0821. The monoisotopic (exact) mass is 428 g/mol. The van der Waals surface area contributed by atoms with Crippen molar-refractivity contribution in [3.05, 3.63) is 92.8 Å². The molecule has 0 aliphatic heterocycles. The summed E-state index contributed by atoms with van der Waals surface area (Å²) in [6.07, 6.45) is 4.45. The highest BCUT2D eigenvalue weighted by Crippen LogP contribution is 2.18. The van der Waals surface area contributed by atoms with Gasteiger partial charge < -0.3 is 5.32 Å². The van der Waals surface area contributed by atoms with Crippen LogP contribution in [0.15, 0.2) is 67.0 Å². The first kappa shape index (κ1) is 16.6. The summed E-state index contributed by atoms with van der Waals surface area (Å²) in [5, 5.41) is 2.96. The van der Waals surface area contributed by atoms with Crippen LogP contribution in [0.4, 0.5) is 5.69 Å². The Labute approximate surface area is 155 Å². The van der Waals surface area contributed by atoms with Crippen molar-refractivity contribution in [2.45, 2.75) is 13.3 Å².